The van der Waals surface area contributed by atoms with Gasteiger partial charge in [-0.1, -0.05) is 0 Å². The standard InChI is InChI=1S/C15H19FN4O2/c16-11-1-4-14(5-2-11)22-9-13(21)7-17-12-3-6-15-18-10-19-20(15)8-12/h1-2,4-5,10,12-13,17,21H,3,6-9H2. The van der Waals surface area contributed by atoms with E-state index in [1.807, 2.05) is 4.68 Å². The Morgan fingerprint density at radius 3 is 3.05 bits per heavy atom. The summed E-state index contributed by atoms with van der Waals surface area (Å²) in [6, 6.07) is 6.02. The molecule has 0 saturated carbocycles. The highest BCUT2D eigenvalue weighted by atomic mass is 19.1. The SMILES string of the molecule is OC(CNC1CCc2ncnn2C1)COc1ccc(F)cc1. The zero-order chi connectivity index (χ0) is 15.4. The van der Waals surface area contributed by atoms with Crippen molar-refractivity contribution in [2.24, 2.45) is 0 Å². The van der Waals surface area contributed by atoms with E-state index in [4.69, 9.17) is 4.74 Å². The lowest BCUT2D eigenvalue weighted by Gasteiger charge is -2.24. The minimum Gasteiger partial charge on any atom is -0.491 e. The number of ether oxygens (including phenoxy) is 1. The Morgan fingerprint density at radius 2 is 2.23 bits per heavy atom. The van der Waals surface area contributed by atoms with E-state index in [0.29, 0.717) is 12.3 Å². The summed E-state index contributed by atoms with van der Waals surface area (Å²) in [5, 5.41) is 17.4. The van der Waals surface area contributed by atoms with Crippen molar-refractivity contribution < 1.29 is 14.2 Å². The fourth-order valence-corrected chi connectivity index (χ4v) is 2.49. The first-order valence-corrected chi connectivity index (χ1v) is 7.37. The summed E-state index contributed by atoms with van der Waals surface area (Å²) >= 11 is 0. The van der Waals surface area contributed by atoms with Crippen molar-refractivity contribution >= 4 is 0 Å². The number of aliphatic hydroxyl groups is 1. The number of benzene rings is 1. The van der Waals surface area contributed by atoms with Gasteiger partial charge in [-0.3, -0.25) is 0 Å². The van der Waals surface area contributed by atoms with Crippen molar-refractivity contribution in [3.63, 3.8) is 0 Å². The van der Waals surface area contributed by atoms with Gasteiger partial charge in [-0.15, -0.1) is 0 Å². The van der Waals surface area contributed by atoms with Gasteiger partial charge in [0.2, 0.25) is 0 Å². The molecule has 2 heterocycles. The van der Waals surface area contributed by atoms with Crippen LogP contribution in [0.5, 0.6) is 5.75 Å². The predicted octanol–water partition coefficient (Wildman–Crippen LogP) is 0.761. The summed E-state index contributed by atoms with van der Waals surface area (Å²) in [7, 11) is 0. The molecule has 3 rings (SSSR count). The highest BCUT2D eigenvalue weighted by molar-refractivity contribution is 5.22. The van der Waals surface area contributed by atoms with Crippen molar-refractivity contribution in [1.82, 2.24) is 20.1 Å². The van der Waals surface area contributed by atoms with Crippen LogP contribution in [0.4, 0.5) is 4.39 Å². The number of aliphatic hydroxyl groups excluding tert-OH is 1. The van der Waals surface area contributed by atoms with Crippen LogP contribution in [0.1, 0.15) is 12.2 Å². The quantitative estimate of drug-likeness (QED) is 0.824. The number of nitrogens with one attached hydrogen (secondary N) is 1. The number of aromatic nitrogens is 3. The van der Waals surface area contributed by atoms with Gasteiger partial charge in [-0.25, -0.2) is 14.1 Å². The van der Waals surface area contributed by atoms with Gasteiger partial charge >= 0.3 is 0 Å². The van der Waals surface area contributed by atoms with Gasteiger partial charge in [-0.2, -0.15) is 5.10 Å². The van der Waals surface area contributed by atoms with Crippen molar-refractivity contribution in [3.05, 3.63) is 42.2 Å². The molecule has 7 heteroatoms. The van der Waals surface area contributed by atoms with Crippen LogP contribution in [0.15, 0.2) is 30.6 Å². The lowest BCUT2D eigenvalue weighted by molar-refractivity contribution is 0.101. The molecule has 1 aliphatic heterocycles. The van der Waals surface area contributed by atoms with Crippen molar-refractivity contribution in [3.8, 4) is 5.75 Å². The molecule has 118 valence electrons. The number of rotatable bonds is 6. The third-order valence-electron chi connectivity index (χ3n) is 3.70. The summed E-state index contributed by atoms with van der Waals surface area (Å²) in [5.74, 6) is 1.25. The molecule has 0 bridgehead atoms. The summed E-state index contributed by atoms with van der Waals surface area (Å²) in [6.45, 7) is 1.37. The maximum absolute atomic E-state index is 12.8. The Balaban J connectivity index is 1.39. The van der Waals surface area contributed by atoms with Gasteiger partial charge in [-0.05, 0) is 30.7 Å². The van der Waals surface area contributed by atoms with Crippen LogP contribution in [0.2, 0.25) is 0 Å². The predicted molar refractivity (Wildman–Crippen MR) is 78.0 cm³/mol. The smallest absolute Gasteiger partial charge is 0.138 e. The molecule has 1 aliphatic rings. The molecule has 1 aromatic heterocycles. The molecule has 0 radical (unpaired) electrons. The van der Waals surface area contributed by atoms with E-state index in [2.05, 4.69) is 15.4 Å². The van der Waals surface area contributed by atoms with E-state index in [1.54, 1.807) is 18.5 Å². The van der Waals surface area contributed by atoms with Crippen molar-refractivity contribution in [2.45, 2.75) is 31.5 Å². The van der Waals surface area contributed by atoms with Gasteiger partial charge in [0.05, 0.1) is 6.54 Å². The van der Waals surface area contributed by atoms with Crippen LogP contribution < -0.4 is 10.1 Å². The lowest BCUT2D eigenvalue weighted by atomic mass is 10.1. The molecule has 22 heavy (non-hydrogen) atoms. The van der Waals surface area contributed by atoms with Crippen LogP contribution in [0, 0.1) is 5.82 Å². The van der Waals surface area contributed by atoms with Crippen LogP contribution in [-0.2, 0) is 13.0 Å². The van der Waals surface area contributed by atoms with E-state index in [-0.39, 0.29) is 18.5 Å². The number of aryl methyl sites for hydroxylation is 1. The molecule has 0 amide bonds. The first kappa shape index (κ1) is 14.9. The van der Waals surface area contributed by atoms with Gasteiger partial charge in [0.15, 0.2) is 0 Å². The Morgan fingerprint density at radius 1 is 1.41 bits per heavy atom. The van der Waals surface area contributed by atoms with Gasteiger partial charge < -0.3 is 15.2 Å². The first-order valence-electron chi connectivity index (χ1n) is 7.37. The zero-order valence-electron chi connectivity index (χ0n) is 12.2. The highest BCUT2D eigenvalue weighted by Crippen LogP contribution is 2.12. The molecule has 0 saturated heterocycles. The molecule has 2 N–H and O–H groups in total. The number of halogens is 1. The summed E-state index contributed by atoms with van der Waals surface area (Å²) < 4.78 is 20.1. The zero-order valence-corrected chi connectivity index (χ0v) is 12.2. The lowest BCUT2D eigenvalue weighted by Crippen LogP contribution is -2.42. The third-order valence-corrected chi connectivity index (χ3v) is 3.70. The fourth-order valence-electron chi connectivity index (χ4n) is 2.49. The average Bonchev–Trinajstić information content (AvgIpc) is 3.00. The largest absolute Gasteiger partial charge is 0.491 e. The van der Waals surface area contributed by atoms with Crippen molar-refractivity contribution in [1.29, 1.82) is 0 Å². The molecule has 2 atom stereocenters. The second-order valence-electron chi connectivity index (χ2n) is 5.42. The second kappa shape index (κ2) is 6.85. The van der Waals surface area contributed by atoms with Crippen LogP contribution >= 0.6 is 0 Å². The topological polar surface area (TPSA) is 72.2 Å². The highest BCUT2D eigenvalue weighted by Gasteiger charge is 2.20. The second-order valence-corrected chi connectivity index (χ2v) is 5.42. The number of hydrogen-bond acceptors (Lipinski definition) is 5. The summed E-state index contributed by atoms with van der Waals surface area (Å²) in [6.07, 6.45) is 2.81. The van der Waals surface area contributed by atoms with Crippen LogP contribution in [0.3, 0.4) is 0 Å². The Hall–Kier alpha value is -1.99. The minimum absolute atomic E-state index is 0.167. The van der Waals surface area contributed by atoms with Gasteiger partial charge in [0.1, 0.15) is 36.4 Å². The molecule has 0 spiro atoms. The molecule has 0 aliphatic carbocycles. The third kappa shape index (κ3) is 3.80. The number of nitrogens with zero attached hydrogens (tertiary/aromatic N) is 3. The summed E-state index contributed by atoms with van der Waals surface area (Å²) in [5.41, 5.74) is 0. The monoisotopic (exact) mass is 306 g/mol. The molecular weight excluding hydrogens is 287 g/mol. The van der Waals surface area contributed by atoms with E-state index in [9.17, 15) is 9.50 Å². The number of hydrogen-bond donors (Lipinski definition) is 2. The van der Waals surface area contributed by atoms with Gasteiger partial charge in [0, 0.05) is 19.0 Å². The fraction of sp³-hybridized carbons (Fsp3) is 0.467. The molecular formula is C15H19FN4O2. The molecule has 2 unspecified atom stereocenters. The minimum atomic E-state index is -0.623. The van der Waals surface area contributed by atoms with E-state index in [1.165, 1.54) is 12.1 Å². The van der Waals surface area contributed by atoms with Gasteiger partial charge in [0.25, 0.3) is 0 Å². The molecule has 0 fully saturated rings. The van der Waals surface area contributed by atoms with E-state index < -0.39 is 6.10 Å². The Kier molecular flexibility index (Phi) is 4.65. The maximum Gasteiger partial charge on any atom is 0.138 e. The normalized spacial score (nSPS) is 18.7. The Bertz CT molecular complexity index is 602. The molecule has 2 aromatic rings. The van der Waals surface area contributed by atoms with E-state index >= 15 is 0 Å². The first-order chi connectivity index (χ1) is 10.7. The van der Waals surface area contributed by atoms with E-state index in [0.717, 1.165) is 25.2 Å². The number of fused-ring (bicyclic) bond motifs is 1. The Labute approximate surface area is 127 Å². The average molecular weight is 306 g/mol. The van der Waals surface area contributed by atoms with Crippen LogP contribution in [0.25, 0.3) is 0 Å². The molecule has 6 nitrogen and oxygen atoms in total. The van der Waals surface area contributed by atoms with Crippen LogP contribution in [-0.4, -0.2) is 45.2 Å². The molecule has 1 aromatic carbocycles. The van der Waals surface area contributed by atoms with Crippen molar-refractivity contribution in [2.75, 3.05) is 13.2 Å². The summed E-state index contributed by atoms with van der Waals surface area (Å²) in [4.78, 5) is 4.18. The maximum atomic E-state index is 12.8.